The summed E-state index contributed by atoms with van der Waals surface area (Å²) in [5.74, 6) is -0.854. The van der Waals surface area contributed by atoms with Gasteiger partial charge in [0.15, 0.2) is 5.69 Å². The lowest BCUT2D eigenvalue weighted by Crippen LogP contribution is -2.46. The van der Waals surface area contributed by atoms with Gasteiger partial charge in [-0.3, -0.25) is 19.1 Å². The number of morpholine rings is 1. The Bertz CT molecular complexity index is 840. The Kier molecular flexibility index (Phi) is 4.57. The average Bonchev–Trinajstić information content (AvgIpc) is 2.63. The lowest BCUT2D eigenvalue weighted by molar-refractivity contribution is -0.134. The molecule has 0 aliphatic carbocycles. The van der Waals surface area contributed by atoms with E-state index in [0.29, 0.717) is 37.2 Å². The SMILES string of the molecule is Cn1nc(C(=O)NCC(=O)N2CCOCC2)c(=O)c2ccccc21. The van der Waals surface area contributed by atoms with Crippen molar-refractivity contribution in [1.82, 2.24) is 20.0 Å². The van der Waals surface area contributed by atoms with Crippen LogP contribution in [0.5, 0.6) is 0 Å². The number of nitrogens with one attached hydrogen (secondary N) is 1. The second-order valence-electron chi connectivity index (χ2n) is 5.49. The summed E-state index contributed by atoms with van der Waals surface area (Å²) in [7, 11) is 1.66. The van der Waals surface area contributed by atoms with E-state index in [0.717, 1.165) is 0 Å². The van der Waals surface area contributed by atoms with E-state index < -0.39 is 11.3 Å². The number of aromatic nitrogens is 2. The summed E-state index contributed by atoms with van der Waals surface area (Å²) < 4.78 is 6.66. The zero-order chi connectivity index (χ0) is 17.1. The summed E-state index contributed by atoms with van der Waals surface area (Å²) in [4.78, 5) is 38.4. The van der Waals surface area contributed by atoms with Crippen LogP contribution in [-0.2, 0) is 16.6 Å². The predicted molar refractivity (Wildman–Crippen MR) is 86.7 cm³/mol. The third kappa shape index (κ3) is 3.13. The first-order valence-corrected chi connectivity index (χ1v) is 7.67. The van der Waals surface area contributed by atoms with Gasteiger partial charge < -0.3 is 15.0 Å². The van der Waals surface area contributed by atoms with E-state index in [-0.39, 0.29) is 18.1 Å². The molecular formula is C16H18N4O4. The van der Waals surface area contributed by atoms with Crippen molar-refractivity contribution in [2.45, 2.75) is 0 Å². The van der Waals surface area contributed by atoms with E-state index in [2.05, 4.69) is 10.4 Å². The number of aryl methyl sites for hydroxylation is 1. The molecule has 0 spiro atoms. The molecule has 24 heavy (non-hydrogen) atoms. The van der Waals surface area contributed by atoms with Crippen molar-refractivity contribution < 1.29 is 14.3 Å². The second-order valence-corrected chi connectivity index (χ2v) is 5.49. The van der Waals surface area contributed by atoms with Crippen LogP contribution in [0.2, 0.25) is 0 Å². The molecule has 0 atom stereocenters. The van der Waals surface area contributed by atoms with Gasteiger partial charge >= 0.3 is 0 Å². The number of hydrogen-bond acceptors (Lipinski definition) is 5. The van der Waals surface area contributed by atoms with E-state index >= 15 is 0 Å². The molecule has 8 heteroatoms. The number of amides is 2. The van der Waals surface area contributed by atoms with Crippen LogP contribution >= 0.6 is 0 Å². The molecule has 2 aromatic rings. The van der Waals surface area contributed by atoms with Crippen molar-refractivity contribution in [3.63, 3.8) is 0 Å². The minimum Gasteiger partial charge on any atom is -0.378 e. The Hall–Kier alpha value is -2.74. The van der Waals surface area contributed by atoms with Crippen molar-refractivity contribution in [2.75, 3.05) is 32.8 Å². The van der Waals surface area contributed by atoms with Gasteiger partial charge in [-0.15, -0.1) is 0 Å². The molecule has 3 rings (SSSR count). The van der Waals surface area contributed by atoms with Gasteiger partial charge in [0, 0.05) is 25.5 Å². The number of carbonyl (C=O) groups excluding carboxylic acids is 2. The van der Waals surface area contributed by atoms with Crippen LogP contribution in [0.4, 0.5) is 0 Å². The quantitative estimate of drug-likeness (QED) is 0.821. The van der Waals surface area contributed by atoms with Gasteiger partial charge in [-0.1, -0.05) is 12.1 Å². The number of ether oxygens (including phenoxy) is 1. The van der Waals surface area contributed by atoms with E-state index in [1.807, 2.05) is 0 Å². The van der Waals surface area contributed by atoms with Crippen molar-refractivity contribution >= 4 is 22.7 Å². The Morgan fingerprint density at radius 2 is 1.96 bits per heavy atom. The fourth-order valence-corrected chi connectivity index (χ4v) is 2.64. The van der Waals surface area contributed by atoms with E-state index in [9.17, 15) is 14.4 Å². The molecule has 1 aromatic carbocycles. The van der Waals surface area contributed by atoms with Crippen LogP contribution in [0, 0.1) is 0 Å². The van der Waals surface area contributed by atoms with Gasteiger partial charge in [-0.25, -0.2) is 0 Å². The molecule has 0 saturated carbocycles. The third-order valence-electron chi connectivity index (χ3n) is 3.94. The molecule has 0 bridgehead atoms. The first-order chi connectivity index (χ1) is 11.6. The molecule has 1 fully saturated rings. The van der Waals surface area contributed by atoms with E-state index in [1.54, 1.807) is 36.2 Å². The van der Waals surface area contributed by atoms with Gasteiger partial charge in [-0.2, -0.15) is 5.10 Å². The van der Waals surface area contributed by atoms with E-state index in [1.165, 1.54) is 4.68 Å². The standard InChI is InChI=1S/C16H18N4O4/c1-19-12-5-3-2-4-11(12)15(22)14(18-19)16(23)17-10-13(21)20-6-8-24-9-7-20/h2-5H,6-10H2,1H3,(H,17,23). The van der Waals surface area contributed by atoms with Crippen LogP contribution in [0.1, 0.15) is 10.5 Å². The minimum absolute atomic E-state index is 0.170. The number of hydrogen-bond donors (Lipinski definition) is 1. The topological polar surface area (TPSA) is 93.5 Å². The van der Waals surface area contributed by atoms with Gasteiger partial charge in [-0.05, 0) is 12.1 Å². The smallest absolute Gasteiger partial charge is 0.276 e. The fraction of sp³-hybridized carbons (Fsp3) is 0.375. The number of fused-ring (bicyclic) bond motifs is 1. The highest BCUT2D eigenvalue weighted by atomic mass is 16.5. The maximum atomic E-state index is 12.4. The Morgan fingerprint density at radius 3 is 2.71 bits per heavy atom. The molecule has 1 N–H and O–H groups in total. The normalized spacial score (nSPS) is 14.6. The average molecular weight is 330 g/mol. The number of rotatable bonds is 3. The molecule has 2 amide bonds. The Balaban J connectivity index is 1.75. The second kappa shape index (κ2) is 6.79. The zero-order valence-electron chi connectivity index (χ0n) is 13.3. The molecule has 0 radical (unpaired) electrons. The minimum atomic E-state index is -0.650. The summed E-state index contributed by atoms with van der Waals surface area (Å²) >= 11 is 0. The number of carbonyl (C=O) groups is 2. The lowest BCUT2D eigenvalue weighted by atomic mass is 10.2. The zero-order valence-corrected chi connectivity index (χ0v) is 13.3. The molecular weight excluding hydrogens is 312 g/mol. The predicted octanol–water partition coefficient (Wildman–Crippen LogP) is -0.478. The van der Waals surface area contributed by atoms with Crippen molar-refractivity contribution in [1.29, 1.82) is 0 Å². The van der Waals surface area contributed by atoms with Crippen LogP contribution in [0.3, 0.4) is 0 Å². The van der Waals surface area contributed by atoms with Crippen LogP contribution < -0.4 is 10.7 Å². The maximum absolute atomic E-state index is 12.4. The van der Waals surface area contributed by atoms with Crippen LogP contribution in [0.25, 0.3) is 10.9 Å². The van der Waals surface area contributed by atoms with Gasteiger partial charge in [0.05, 0.1) is 25.3 Å². The highest BCUT2D eigenvalue weighted by molar-refractivity contribution is 5.97. The fourth-order valence-electron chi connectivity index (χ4n) is 2.64. The first kappa shape index (κ1) is 16.1. The number of para-hydroxylation sites is 1. The number of nitrogens with zero attached hydrogens (tertiary/aromatic N) is 3. The first-order valence-electron chi connectivity index (χ1n) is 7.67. The molecule has 1 aliphatic rings. The molecule has 8 nitrogen and oxygen atoms in total. The molecule has 0 unspecified atom stereocenters. The van der Waals surface area contributed by atoms with Gasteiger partial charge in [0.2, 0.25) is 11.3 Å². The summed E-state index contributed by atoms with van der Waals surface area (Å²) in [6, 6.07) is 6.93. The maximum Gasteiger partial charge on any atom is 0.276 e. The molecule has 126 valence electrons. The van der Waals surface area contributed by atoms with Crippen molar-refractivity contribution in [2.24, 2.45) is 7.05 Å². The Labute approximate surface area is 138 Å². The summed E-state index contributed by atoms with van der Waals surface area (Å²) in [6.07, 6.45) is 0. The highest BCUT2D eigenvalue weighted by Crippen LogP contribution is 2.07. The largest absolute Gasteiger partial charge is 0.378 e. The van der Waals surface area contributed by atoms with Crippen LogP contribution in [0.15, 0.2) is 29.1 Å². The summed E-state index contributed by atoms with van der Waals surface area (Å²) in [5.41, 5.74) is -0.0190. The summed E-state index contributed by atoms with van der Waals surface area (Å²) in [5, 5.41) is 6.94. The molecule has 1 aromatic heterocycles. The van der Waals surface area contributed by atoms with Crippen molar-refractivity contribution in [3.8, 4) is 0 Å². The van der Waals surface area contributed by atoms with Crippen molar-refractivity contribution in [3.05, 3.63) is 40.2 Å². The van der Waals surface area contributed by atoms with E-state index in [4.69, 9.17) is 4.74 Å². The third-order valence-corrected chi connectivity index (χ3v) is 3.94. The number of benzene rings is 1. The molecule has 1 saturated heterocycles. The van der Waals surface area contributed by atoms with Gasteiger partial charge in [0.1, 0.15) is 0 Å². The highest BCUT2D eigenvalue weighted by Gasteiger charge is 2.20. The monoisotopic (exact) mass is 330 g/mol. The Morgan fingerprint density at radius 1 is 1.25 bits per heavy atom. The van der Waals surface area contributed by atoms with Gasteiger partial charge in [0.25, 0.3) is 5.91 Å². The van der Waals surface area contributed by atoms with Crippen LogP contribution in [-0.4, -0.2) is 59.3 Å². The molecule has 2 heterocycles. The molecule has 1 aliphatic heterocycles. The lowest BCUT2D eigenvalue weighted by Gasteiger charge is -2.26. The summed E-state index contributed by atoms with van der Waals surface area (Å²) in [6.45, 7) is 1.82.